The largest absolute Gasteiger partial charge is 0.355 e. The Morgan fingerprint density at radius 2 is 1.51 bits per heavy atom. The number of benzene rings is 4. The van der Waals surface area contributed by atoms with Gasteiger partial charge in [0, 0.05) is 24.5 Å². The number of hydrogen-bond acceptors (Lipinski definition) is 4. The highest BCUT2D eigenvalue weighted by molar-refractivity contribution is 7.92. The first kappa shape index (κ1) is 31.7. The van der Waals surface area contributed by atoms with Gasteiger partial charge in [-0.25, -0.2) is 12.8 Å². The summed E-state index contributed by atoms with van der Waals surface area (Å²) in [6.07, 6.45) is 0.193. The number of carbonyl (C=O) groups is 2. The van der Waals surface area contributed by atoms with Gasteiger partial charge in [-0.3, -0.25) is 13.9 Å². The average Bonchev–Trinajstić information content (AvgIpc) is 3.00. The number of nitrogens with zero attached hydrogens (tertiary/aromatic N) is 2. The molecule has 0 bridgehead atoms. The van der Waals surface area contributed by atoms with Gasteiger partial charge < -0.3 is 10.2 Å². The van der Waals surface area contributed by atoms with Gasteiger partial charge in [0.2, 0.25) is 11.8 Å². The van der Waals surface area contributed by atoms with Crippen LogP contribution < -0.4 is 9.62 Å². The monoisotopic (exact) mass is 621 g/mol. The Labute approximate surface area is 257 Å². The van der Waals surface area contributed by atoms with E-state index in [0.717, 1.165) is 39.7 Å². The van der Waals surface area contributed by atoms with Crippen LogP contribution >= 0.6 is 11.6 Å². The maximum Gasteiger partial charge on any atom is 0.264 e. The van der Waals surface area contributed by atoms with Crippen molar-refractivity contribution in [3.05, 3.63) is 131 Å². The van der Waals surface area contributed by atoms with Crippen LogP contribution in [0.15, 0.2) is 108 Å². The maximum atomic E-state index is 14.3. The lowest BCUT2D eigenvalue weighted by molar-refractivity contribution is -0.140. The summed E-state index contributed by atoms with van der Waals surface area (Å²) in [6.45, 7) is 3.34. The number of likely N-dealkylation sites (N-methyl/N-ethyl adjacent to an activating group) is 1. The van der Waals surface area contributed by atoms with E-state index in [-0.39, 0.29) is 29.5 Å². The third-order valence-electron chi connectivity index (χ3n) is 6.92. The van der Waals surface area contributed by atoms with Crippen LogP contribution in [-0.2, 0) is 32.6 Å². The molecule has 0 unspecified atom stereocenters. The quantitative estimate of drug-likeness (QED) is 0.218. The number of sulfonamides is 1. The molecule has 0 aliphatic carbocycles. The molecule has 10 heteroatoms. The van der Waals surface area contributed by atoms with Crippen molar-refractivity contribution in [2.75, 3.05) is 17.4 Å². The van der Waals surface area contributed by atoms with Gasteiger partial charge in [0.05, 0.1) is 10.6 Å². The Bertz CT molecular complexity index is 1650. The standard InChI is InChI=1S/C33H33ClFN3O4S/c1-3-36-33(40)31(21-25-9-5-4-6-10-25)37(22-26-11-7-8-12-30(26)34)32(39)23-38(28-17-13-24(2)14-18-28)43(41,42)29-19-15-27(35)16-20-29/h4-20,31H,3,21-23H2,1-2H3,(H,36,40)/t31-/m1/s1. The molecule has 1 N–H and O–H groups in total. The zero-order valence-corrected chi connectivity index (χ0v) is 25.5. The summed E-state index contributed by atoms with van der Waals surface area (Å²) in [5.74, 6) is -1.58. The van der Waals surface area contributed by atoms with E-state index < -0.39 is 34.3 Å². The van der Waals surface area contributed by atoms with Crippen molar-refractivity contribution in [3.8, 4) is 0 Å². The van der Waals surface area contributed by atoms with Crippen molar-refractivity contribution in [2.24, 2.45) is 0 Å². The van der Waals surface area contributed by atoms with Crippen LogP contribution in [0.1, 0.15) is 23.6 Å². The van der Waals surface area contributed by atoms with E-state index in [4.69, 9.17) is 11.6 Å². The van der Waals surface area contributed by atoms with Gasteiger partial charge in [0.25, 0.3) is 10.0 Å². The first-order valence-corrected chi connectivity index (χ1v) is 15.6. The average molecular weight is 622 g/mol. The number of halogens is 2. The van der Waals surface area contributed by atoms with Gasteiger partial charge in [0.1, 0.15) is 18.4 Å². The molecule has 0 saturated heterocycles. The minimum atomic E-state index is -4.32. The fourth-order valence-corrected chi connectivity index (χ4v) is 6.24. The highest BCUT2D eigenvalue weighted by Gasteiger charge is 2.34. The second kappa shape index (κ2) is 14.3. The first-order chi connectivity index (χ1) is 20.6. The highest BCUT2D eigenvalue weighted by atomic mass is 35.5. The maximum absolute atomic E-state index is 14.3. The Hall–Kier alpha value is -4.21. The molecule has 0 spiro atoms. The molecule has 0 radical (unpaired) electrons. The number of rotatable bonds is 12. The van der Waals surface area contributed by atoms with E-state index >= 15 is 0 Å². The van der Waals surface area contributed by atoms with Crippen molar-refractivity contribution in [1.29, 1.82) is 0 Å². The van der Waals surface area contributed by atoms with Crippen LogP contribution in [0, 0.1) is 12.7 Å². The van der Waals surface area contributed by atoms with Crippen molar-refractivity contribution in [3.63, 3.8) is 0 Å². The first-order valence-electron chi connectivity index (χ1n) is 13.8. The molecule has 0 aliphatic heterocycles. The summed E-state index contributed by atoms with van der Waals surface area (Å²) < 4.78 is 42.5. The molecule has 2 amide bonds. The molecule has 224 valence electrons. The summed E-state index contributed by atoms with van der Waals surface area (Å²) in [4.78, 5) is 29.0. The Balaban J connectivity index is 1.80. The van der Waals surface area contributed by atoms with Crippen molar-refractivity contribution in [1.82, 2.24) is 10.2 Å². The molecule has 4 aromatic rings. The summed E-state index contributed by atoms with van der Waals surface area (Å²) in [5.41, 5.74) is 2.57. The number of amides is 2. The van der Waals surface area contributed by atoms with E-state index in [1.54, 1.807) is 55.5 Å². The Morgan fingerprint density at radius 1 is 0.884 bits per heavy atom. The van der Waals surface area contributed by atoms with Gasteiger partial charge in [-0.05, 0) is 67.4 Å². The summed E-state index contributed by atoms with van der Waals surface area (Å²) in [6, 6.07) is 26.4. The minimum absolute atomic E-state index is 0.0362. The van der Waals surface area contributed by atoms with E-state index in [1.165, 1.54) is 4.90 Å². The number of anilines is 1. The van der Waals surface area contributed by atoms with Crippen LogP contribution in [0.2, 0.25) is 5.02 Å². The molecule has 0 aliphatic rings. The zero-order chi connectivity index (χ0) is 31.0. The predicted octanol–water partition coefficient (Wildman–Crippen LogP) is 5.76. The molecular formula is C33H33ClFN3O4S. The molecular weight excluding hydrogens is 589 g/mol. The molecule has 4 rings (SSSR count). The normalized spacial score (nSPS) is 11.9. The molecule has 0 saturated carbocycles. The van der Waals surface area contributed by atoms with Crippen LogP contribution in [0.25, 0.3) is 0 Å². The van der Waals surface area contributed by atoms with Crippen LogP contribution in [0.4, 0.5) is 10.1 Å². The number of aryl methyl sites for hydroxylation is 1. The van der Waals surface area contributed by atoms with Crippen molar-refractivity contribution >= 4 is 39.1 Å². The van der Waals surface area contributed by atoms with Crippen LogP contribution in [0.3, 0.4) is 0 Å². The lowest BCUT2D eigenvalue weighted by Crippen LogP contribution is -2.53. The summed E-state index contributed by atoms with van der Waals surface area (Å²) in [7, 11) is -4.32. The Kier molecular flexibility index (Phi) is 10.6. The van der Waals surface area contributed by atoms with Crippen LogP contribution in [0.5, 0.6) is 0 Å². The van der Waals surface area contributed by atoms with E-state index in [0.29, 0.717) is 17.1 Å². The second-order valence-electron chi connectivity index (χ2n) is 10.0. The smallest absolute Gasteiger partial charge is 0.264 e. The molecule has 43 heavy (non-hydrogen) atoms. The van der Waals surface area contributed by atoms with E-state index in [9.17, 15) is 22.4 Å². The SMILES string of the molecule is CCNC(=O)[C@@H](Cc1ccccc1)N(Cc1ccccc1Cl)C(=O)CN(c1ccc(C)cc1)S(=O)(=O)c1ccc(F)cc1. The van der Waals surface area contributed by atoms with Crippen LogP contribution in [-0.4, -0.2) is 44.3 Å². The molecule has 0 heterocycles. The van der Waals surface area contributed by atoms with Gasteiger partial charge in [0.15, 0.2) is 0 Å². The second-order valence-corrected chi connectivity index (χ2v) is 12.3. The molecule has 0 fully saturated rings. The van der Waals surface area contributed by atoms with Gasteiger partial charge in [-0.15, -0.1) is 0 Å². The number of carbonyl (C=O) groups excluding carboxylic acids is 2. The molecule has 4 aromatic carbocycles. The predicted molar refractivity (Wildman–Crippen MR) is 167 cm³/mol. The van der Waals surface area contributed by atoms with Gasteiger partial charge in [-0.1, -0.05) is 77.8 Å². The van der Waals surface area contributed by atoms with Crippen molar-refractivity contribution in [2.45, 2.75) is 37.8 Å². The Morgan fingerprint density at radius 3 is 2.14 bits per heavy atom. The van der Waals surface area contributed by atoms with Crippen molar-refractivity contribution < 1.29 is 22.4 Å². The van der Waals surface area contributed by atoms with Gasteiger partial charge in [-0.2, -0.15) is 0 Å². The fraction of sp³-hybridized carbons (Fsp3) is 0.212. The zero-order valence-electron chi connectivity index (χ0n) is 23.9. The third-order valence-corrected chi connectivity index (χ3v) is 9.08. The fourth-order valence-electron chi connectivity index (χ4n) is 4.63. The summed E-state index contributed by atoms with van der Waals surface area (Å²) >= 11 is 6.48. The third kappa shape index (κ3) is 8.00. The topological polar surface area (TPSA) is 86.8 Å². The molecule has 0 aromatic heterocycles. The molecule has 1 atom stereocenters. The van der Waals surface area contributed by atoms with E-state index in [2.05, 4.69) is 5.32 Å². The lowest BCUT2D eigenvalue weighted by atomic mass is 10.0. The highest BCUT2D eigenvalue weighted by Crippen LogP contribution is 2.26. The summed E-state index contributed by atoms with van der Waals surface area (Å²) in [5, 5.41) is 3.23. The number of nitrogens with one attached hydrogen (secondary N) is 1. The lowest BCUT2D eigenvalue weighted by Gasteiger charge is -2.34. The minimum Gasteiger partial charge on any atom is -0.355 e. The number of hydrogen-bond donors (Lipinski definition) is 1. The van der Waals surface area contributed by atoms with Gasteiger partial charge >= 0.3 is 0 Å². The molecule has 7 nitrogen and oxygen atoms in total. The van der Waals surface area contributed by atoms with E-state index in [1.807, 2.05) is 37.3 Å².